The number of nitrogens with two attached hydrogens (primary N) is 1. The fourth-order valence-electron chi connectivity index (χ4n) is 3.29. The van der Waals surface area contributed by atoms with Gasteiger partial charge in [-0.1, -0.05) is 49.6 Å². The Kier molecular flexibility index (Phi) is 9.04. The number of halogens is 2. The first-order valence-corrected chi connectivity index (χ1v) is 9.49. The molecule has 1 aliphatic rings. The minimum Gasteiger partial charge on any atom is -0.354 e. The van der Waals surface area contributed by atoms with Crippen molar-refractivity contribution >= 4 is 42.1 Å². The van der Waals surface area contributed by atoms with Crippen molar-refractivity contribution in [2.45, 2.75) is 51.0 Å². The molecular weight excluding hydrogens is 389 g/mol. The Balaban J connectivity index is 0.00000169. The molecule has 4 nitrogen and oxygen atoms in total. The highest BCUT2D eigenvalue weighted by Gasteiger charge is 2.34. The molecule has 1 aromatic heterocycles. The number of aromatic nitrogens is 1. The number of nitrogens with one attached hydrogen (secondary N) is 1. The summed E-state index contributed by atoms with van der Waals surface area (Å²) in [6.45, 7) is 2.69. The summed E-state index contributed by atoms with van der Waals surface area (Å²) in [7, 11) is 0. The predicted octanol–water partition coefficient (Wildman–Crippen LogP) is 4.28. The molecule has 1 saturated carbocycles. The minimum absolute atomic E-state index is 0. The van der Waals surface area contributed by atoms with Crippen LogP contribution in [0.25, 0.3) is 11.3 Å². The number of aryl methyl sites for hydroxylation is 1. The lowest BCUT2D eigenvalue weighted by Crippen LogP contribution is -2.55. The summed E-state index contributed by atoms with van der Waals surface area (Å²) in [5, 5.41) is 4.07. The van der Waals surface area contributed by atoms with Crippen molar-refractivity contribution < 1.29 is 4.79 Å². The maximum Gasteiger partial charge on any atom is 0.240 e. The van der Waals surface area contributed by atoms with Gasteiger partial charge in [0.2, 0.25) is 5.91 Å². The molecule has 0 aliphatic heterocycles. The molecule has 0 saturated heterocycles. The topological polar surface area (TPSA) is 68.0 Å². The highest BCUT2D eigenvalue weighted by molar-refractivity contribution is 7.12. The standard InChI is InChI=1S/C19H25N3OS.2ClH/c1-14-17(15-8-4-2-5-9-15)22-16(24-14)10-13-21-18(23)19(20)11-6-3-7-12-19;;/h2,4-5,8-9H,3,6-7,10-13,20H2,1H3,(H,21,23);2*1H. The molecule has 7 heteroatoms. The SMILES string of the molecule is Cc1sc(CCNC(=O)C2(N)CCCCC2)nc1-c1ccccc1.Cl.Cl. The van der Waals surface area contributed by atoms with Crippen LogP contribution in [0.1, 0.15) is 42.0 Å². The molecule has 1 aromatic carbocycles. The fourth-order valence-corrected chi connectivity index (χ4v) is 4.25. The molecule has 1 heterocycles. The normalized spacial score (nSPS) is 15.5. The molecule has 2 aromatic rings. The summed E-state index contributed by atoms with van der Waals surface area (Å²) in [6, 6.07) is 10.2. The van der Waals surface area contributed by atoms with Crippen LogP contribution in [0.2, 0.25) is 0 Å². The number of carbonyl (C=O) groups excluding carboxylic acids is 1. The molecule has 1 aliphatic carbocycles. The van der Waals surface area contributed by atoms with Gasteiger partial charge in [0.25, 0.3) is 0 Å². The second kappa shape index (κ2) is 10.3. The molecule has 1 fully saturated rings. The van der Waals surface area contributed by atoms with E-state index in [9.17, 15) is 4.79 Å². The van der Waals surface area contributed by atoms with Gasteiger partial charge in [-0.05, 0) is 19.8 Å². The maximum atomic E-state index is 12.4. The first kappa shape index (κ1) is 22.9. The van der Waals surface area contributed by atoms with E-state index < -0.39 is 5.54 Å². The Morgan fingerprint density at radius 2 is 1.85 bits per heavy atom. The Bertz CT molecular complexity index is 700. The zero-order valence-corrected chi connectivity index (χ0v) is 17.4. The van der Waals surface area contributed by atoms with Gasteiger partial charge in [-0.2, -0.15) is 0 Å². The van der Waals surface area contributed by atoms with E-state index in [1.54, 1.807) is 11.3 Å². The number of amides is 1. The van der Waals surface area contributed by atoms with Crippen molar-refractivity contribution in [3.63, 3.8) is 0 Å². The lowest BCUT2D eigenvalue weighted by Gasteiger charge is -2.31. The third-order valence-corrected chi connectivity index (χ3v) is 5.74. The quantitative estimate of drug-likeness (QED) is 0.765. The number of rotatable bonds is 5. The van der Waals surface area contributed by atoms with E-state index in [-0.39, 0.29) is 30.7 Å². The van der Waals surface area contributed by atoms with Gasteiger partial charge in [0, 0.05) is 23.4 Å². The number of thiazole rings is 1. The van der Waals surface area contributed by atoms with Crippen molar-refractivity contribution in [1.82, 2.24) is 10.3 Å². The number of hydrogen-bond acceptors (Lipinski definition) is 4. The average molecular weight is 416 g/mol. The molecule has 0 bridgehead atoms. The molecular formula is C19H27Cl2N3OS. The highest BCUT2D eigenvalue weighted by Crippen LogP contribution is 2.28. The van der Waals surface area contributed by atoms with E-state index in [2.05, 4.69) is 24.4 Å². The smallest absolute Gasteiger partial charge is 0.240 e. The summed E-state index contributed by atoms with van der Waals surface area (Å²) in [5.74, 6) is -0.00115. The van der Waals surface area contributed by atoms with Crippen LogP contribution in [0, 0.1) is 6.92 Å². The molecule has 26 heavy (non-hydrogen) atoms. The monoisotopic (exact) mass is 415 g/mol. The Hall–Kier alpha value is -1.14. The van der Waals surface area contributed by atoms with Gasteiger partial charge in [0.1, 0.15) is 0 Å². The third-order valence-electron chi connectivity index (χ3n) is 4.71. The van der Waals surface area contributed by atoms with Gasteiger partial charge < -0.3 is 11.1 Å². The van der Waals surface area contributed by atoms with Crippen LogP contribution in [0.5, 0.6) is 0 Å². The molecule has 0 atom stereocenters. The van der Waals surface area contributed by atoms with Gasteiger partial charge in [-0.25, -0.2) is 4.98 Å². The Morgan fingerprint density at radius 3 is 2.50 bits per heavy atom. The van der Waals surface area contributed by atoms with Crippen LogP contribution in [0.15, 0.2) is 30.3 Å². The van der Waals surface area contributed by atoms with E-state index in [1.807, 2.05) is 18.2 Å². The van der Waals surface area contributed by atoms with Crippen LogP contribution in [0.3, 0.4) is 0 Å². The fraction of sp³-hybridized carbons (Fsp3) is 0.474. The van der Waals surface area contributed by atoms with Crippen LogP contribution in [-0.2, 0) is 11.2 Å². The van der Waals surface area contributed by atoms with Crippen molar-refractivity contribution in [1.29, 1.82) is 0 Å². The summed E-state index contributed by atoms with van der Waals surface area (Å²) < 4.78 is 0. The summed E-state index contributed by atoms with van der Waals surface area (Å²) >= 11 is 1.70. The van der Waals surface area contributed by atoms with Crippen LogP contribution < -0.4 is 11.1 Å². The number of carbonyl (C=O) groups is 1. The van der Waals surface area contributed by atoms with E-state index in [1.165, 1.54) is 11.3 Å². The van der Waals surface area contributed by atoms with Crippen LogP contribution >= 0.6 is 36.2 Å². The zero-order chi connectivity index (χ0) is 17.0. The molecule has 0 unspecified atom stereocenters. The van der Waals surface area contributed by atoms with Crippen molar-refractivity contribution in [3.05, 3.63) is 40.2 Å². The number of benzene rings is 1. The second-order valence-electron chi connectivity index (χ2n) is 6.60. The molecule has 1 amide bonds. The molecule has 0 radical (unpaired) electrons. The van der Waals surface area contributed by atoms with E-state index in [0.717, 1.165) is 48.4 Å². The van der Waals surface area contributed by atoms with Crippen molar-refractivity contribution in [2.24, 2.45) is 5.73 Å². The molecule has 144 valence electrons. The van der Waals surface area contributed by atoms with Gasteiger partial charge in [-0.15, -0.1) is 36.2 Å². The Morgan fingerprint density at radius 1 is 1.19 bits per heavy atom. The minimum atomic E-state index is -0.660. The zero-order valence-electron chi connectivity index (χ0n) is 15.0. The number of hydrogen-bond donors (Lipinski definition) is 2. The van der Waals surface area contributed by atoms with E-state index in [4.69, 9.17) is 10.7 Å². The Labute approximate surface area is 171 Å². The first-order valence-electron chi connectivity index (χ1n) is 8.67. The van der Waals surface area contributed by atoms with Crippen molar-refractivity contribution in [3.8, 4) is 11.3 Å². The summed E-state index contributed by atoms with van der Waals surface area (Å²) in [6.07, 6.45) is 5.64. The van der Waals surface area contributed by atoms with E-state index >= 15 is 0 Å². The lowest BCUT2D eigenvalue weighted by molar-refractivity contribution is -0.127. The maximum absolute atomic E-state index is 12.4. The van der Waals surface area contributed by atoms with Gasteiger partial charge in [-0.3, -0.25) is 4.79 Å². The predicted molar refractivity (Wildman–Crippen MR) is 114 cm³/mol. The molecule has 3 N–H and O–H groups in total. The largest absolute Gasteiger partial charge is 0.354 e. The summed E-state index contributed by atoms with van der Waals surface area (Å²) in [4.78, 5) is 18.3. The average Bonchev–Trinajstić information content (AvgIpc) is 2.97. The van der Waals surface area contributed by atoms with Gasteiger partial charge in [0.05, 0.1) is 16.2 Å². The lowest BCUT2D eigenvalue weighted by atomic mass is 9.82. The van der Waals surface area contributed by atoms with Gasteiger partial charge >= 0.3 is 0 Å². The van der Waals surface area contributed by atoms with Crippen molar-refractivity contribution in [2.75, 3.05) is 6.54 Å². The van der Waals surface area contributed by atoms with Crippen LogP contribution in [-0.4, -0.2) is 23.0 Å². The summed E-state index contributed by atoms with van der Waals surface area (Å²) in [5.41, 5.74) is 7.79. The van der Waals surface area contributed by atoms with Crippen LogP contribution in [0.4, 0.5) is 0 Å². The number of nitrogens with zero attached hydrogens (tertiary/aromatic N) is 1. The third kappa shape index (κ3) is 5.43. The van der Waals surface area contributed by atoms with Gasteiger partial charge in [0.15, 0.2) is 0 Å². The highest BCUT2D eigenvalue weighted by atomic mass is 35.5. The second-order valence-corrected chi connectivity index (χ2v) is 7.89. The first-order chi connectivity index (χ1) is 11.6. The van der Waals surface area contributed by atoms with E-state index in [0.29, 0.717) is 6.54 Å². The molecule has 3 rings (SSSR count). The molecule has 0 spiro atoms.